The van der Waals surface area contributed by atoms with Crippen LogP contribution in [0.5, 0.6) is 11.5 Å². The van der Waals surface area contributed by atoms with Gasteiger partial charge in [-0.25, -0.2) is 0 Å². The molecule has 0 saturated heterocycles. The molecular formula is C28H41IN2O7. The van der Waals surface area contributed by atoms with E-state index >= 15 is 0 Å². The van der Waals surface area contributed by atoms with E-state index in [1.807, 2.05) is 13.8 Å². The molecule has 1 aromatic rings. The fraction of sp³-hybridized carbons (Fsp3) is 0.643. The van der Waals surface area contributed by atoms with Crippen molar-refractivity contribution in [1.29, 1.82) is 0 Å². The summed E-state index contributed by atoms with van der Waals surface area (Å²) in [4.78, 5) is 28.3. The smallest absolute Gasteiger partial charge is 0.247 e. The first-order valence-electron chi connectivity index (χ1n) is 13.4. The van der Waals surface area contributed by atoms with E-state index in [4.69, 9.17) is 9.47 Å². The number of carbonyl (C=O) groups excluding carboxylic acids is 2. The molecule has 0 radical (unpaired) electrons. The van der Waals surface area contributed by atoms with Crippen molar-refractivity contribution in [3.63, 3.8) is 0 Å². The van der Waals surface area contributed by atoms with E-state index < -0.39 is 18.2 Å². The van der Waals surface area contributed by atoms with Gasteiger partial charge in [-0.1, -0.05) is 33.1 Å². The Labute approximate surface area is 238 Å². The third kappa shape index (κ3) is 7.61. The van der Waals surface area contributed by atoms with Crippen LogP contribution in [0.1, 0.15) is 57.9 Å². The number of amides is 2. The lowest BCUT2D eigenvalue weighted by Gasteiger charge is -2.43. The highest BCUT2D eigenvalue weighted by molar-refractivity contribution is 14.1. The largest absolute Gasteiger partial charge is 0.493 e. The van der Waals surface area contributed by atoms with Crippen LogP contribution in [0.4, 0.5) is 0 Å². The average Bonchev–Trinajstić information content (AvgIpc) is 2.92. The van der Waals surface area contributed by atoms with Crippen LogP contribution in [0.3, 0.4) is 0 Å². The van der Waals surface area contributed by atoms with Crippen molar-refractivity contribution in [3.8, 4) is 11.5 Å². The van der Waals surface area contributed by atoms with Crippen molar-refractivity contribution in [1.82, 2.24) is 10.2 Å². The molecule has 3 rings (SSSR count). The predicted octanol–water partition coefficient (Wildman–Crippen LogP) is 2.77. The molecular weight excluding hydrogens is 603 g/mol. The molecule has 1 fully saturated rings. The lowest BCUT2D eigenvalue weighted by Crippen LogP contribution is -2.57. The minimum absolute atomic E-state index is 0.0603. The number of nitrogens with one attached hydrogen (secondary N) is 1. The highest BCUT2D eigenvalue weighted by atomic mass is 127. The molecule has 0 aliphatic heterocycles. The summed E-state index contributed by atoms with van der Waals surface area (Å²) in [5.41, 5.74) is 1.05. The van der Waals surface area contributed by atoms with Crippen LogP contribution in [0.15, 0.2) is 23.8 Å². The number of hydrogen-bond acceptors (Lipinski definition) is 7. The number of methoxy groups -OCH3 is 1. The van der Waals surface area contributed by atoms with Gasteiger partial charge in [0.25, 0.3) is 0 Å². The van der Waals surface area contributed by atoms with Gasteiger partial charge in [-0.2, -0.15) is 0 Å². The van der Waals surface area contributed by atoms with E-state index in [-0.39, 0.29) is 43.9 Å². The lowest BCUT2D eigenvalue weighted by molar-refractivity contribution is -0.143. The van der Waals surface area contributed by atoms with Crippen molar-refractivity contribution in [2.45, 2.75) is 77.2 Å². The van der Waals surface area contributed by atoms with Gasteiger partial charge in [0.2, 0.25) is 11.8 Å². The topological polar surface area (TPSA) is 129 Å². The second-order valence-electron chi connectivity index (χ2n) is 10.4. The summed E-state index contributed by atoms with van der Waals surface area (Å²) < 4.78 is 12.5. The Morgan fingerprint density at radius 3 is 2.50 bits per heavy atom. The van der Waals surface area contributed by atoms with Crippen LogP contribution in [-0.4, -0.2) is 77.1 Å². The third-order valence-electron chi connectivity index (χ3n) is 7.30. The highest BCUT2D eigenvalue weighted by Gasteiger charge is 2.42. The van der Waals surface area contributed by atoms with Gasteiger partial charge in [-0.15, -0.1) is 0 Å². The van der Waals surface area contributed by atoms with Crippen LogP contribution in [0.2, 0.25) is 0 Å². The van der Waals surface area contributed by atoms with E-state index in [9.17, 15) is 24.9 Å². The van der Waals surface area contributed by atoms with Gasteiger partial charge in [0.1, 0.15) is 12.2 Å². The average molecular weight is 645 g/mol. The van der Waals surface area contributed by atoms with Crippen LogP contribution < -0.4 is 14.8 Å². The molecule has 0 heterocycles. The second kappa shape index (κ2) is 14.5. The Hall–Kier alpha value is -1.89. The Bertz CT molecular complexity index is 994. The van der Waals surface area contributed by atoms with Gasteiger partial charge in [0.05, 0.1) is 29.9 Å². The minimum atomic E-state index is -1.09. The zero-order valence-electron chi connectivity index (χ0n) is 22.5. The fourth-order valence-electron chi connectivity index (χ4n) is 5.26. The number of hydrogen-bond donors (Lipinski definition) is 4. The number of carbonyl (C=O) groups is 2. The molecule has 10 heteroatoms. The fourth-order valence-corrected chi connectivity index (χ4v) is 6.06. The minimum Gasteiger partial charge on any atom is -0.493 e. The maximum atomic E-state index is 13.5. The second-order valence-corrected chi connectivity index (χ2v) is 11.6. The van der Waals surface area contributed by atoms with Crippen molar-refractivity contribution in [2.75, 3.05) is 26.8 Å². The van der Waals surface area contributed by atoms with Gasteiger partial charge in [-0.05, 0) is 65.1 Å². The maximum absolute atomic E-state index is 13.5. The molecule has 4 N–H and O–H groups in total. The van der Waals surface area contributed by atoms with Crippen molar-refractivity contribution in [3.05, 3.63) is 32.9 Å². The molecule has 2 aliphatic carbocycles. The highest BCUT2D eigenvalue weighted by Crippen LogP contribution is 2.37. The van der Waals surface area contributed by atoms with Crippen molar-refractivity contribution >= 4 is 34.4 Å². The molecule has 1 aromatic carbocycles. The zero-order valence-corrected chi connectivity index (χ0v) is 24.6. The van der Waals surface area contributed by atoms with Crippen LogP contribution in [-0.2, 0) is 16.2 Å². The first kappa shape index (κ1) is 30.6. The maximum Gasteiger partial charge on any atom is 0.247 e. The van der Waals surface area contributed by atoms with Crippen LogP contribution in [0.25, 0.3) is 0 Å². The summed E-state index contributed by atoms with van der Waals surface area (Å²) >= 11 is 2.08. The normalized spacial score (nSPS) is 22.1. The summed E-state index contributed by atoms with van der Waals surface area (Å²) in [6.07, 6.45) is 5.29. The molecule has 9 nitrogen and oxygen atoms in total. The summed E-state index contributed by atoms with van der Waals surface area (Å²) in [5, 5.41) is 33.1. The predicted molar refractivity (Wildman–Crippen MR) is 152 cm³/mol. The standard InChI is InChI=1S/C28H41IN2O7/c1-17(2)28(36)31(15-18-7-5-4-6-8-18)22-13-20(27(35)30-9-10-32)14-23(25(22)34)38-26-21(29)11-19(16-33)12-24(26)37-3/h11-12,14,17-18,22-23,25,32-34H,4-10,13,15-16H2,1-3H3,(H,30,35). The molecule has 212 valence electrons. The quantitative estimate of drug-likeness (QED) is 0.273. The number of benzene rings is 1. The molecule has 38 heavy (non-hydrogen) atoms. The summed E-state index contributed by atoms with van der Waals surface area (Å²) in [6.45, 7) is 3.96. The number of aliphatic hydroxyl groups is 3. The Kier molecular flexibility index (Phi) is 11.7. The molecule has 2 aliphatic rings. The molecule has 3 unspecified atom stereocenters. The molecule has 0 spiro atoms. The summed E-state index contributed by atoms with van der Waals surface area (Å²) in [7, 11) is 1.50. The summed E-state index contributed by atoms with van der Waals surface area (Å²) in [6, 6.07) is 2.78. The van der Waals surface area contributed by atoms with Gasteiger partial charge in [0.15, 0.2) is 11.5 Å². The van der Waals surface area contributed by atoms with Gasteiger partial charge < -0.3 is 35.0 Å². The number of nitrogens with zero attached hydrogens (tertiary/aromatic N) is 1. The van der Waals surface area contributed by atoms with E-state index in [1.165, 1.54) is 13.5 Å². The van der Waals surface area contributed by atoms with Crippen LogP contribution in [0, 0.1) is 15.4 Å². The third-order valence-corrected chi connectivity index (χ3v) is 8.10. The van der Waals surface area contributed by atoms with E-state index in [0.717, 1.165) is 25.7 Å². The lowest BCUT2D eigenvalue weighted by atomic mass is 9.85. The molecule has 1 saturated carbocycles. The first-order valence-corrected chi connectivity index (χ1v) is 14.5. The van der Waals surface area contributed by atoms with Gasteiger partial charge >= 0.3 is 0 Å². The Balaban J connectivity index is 1.99. The Morgan fingerprint density at radius 1 is 1.18 bits per heavy atom. The van der Waals surface area contributed by atoms with E-state index in [2.05, 4.69) is 27.9 Å². The number of halogens is 1. The summed E-state index contributed by atoms with van der Waals surface area (Å²) in [5.74, 6) is 0.436. The first-order chi connectivity index (χ1) is 18.2. The molecule has 0 bridgehead atoms. The zero-order chi connectivity index (χ0) is 27.8. The molecule has 3 atom stereocenters. The monoisotopic (exact) mass is 644 g/mol. The number of aliphatic hydroxyl groups excluding tert-OH is 3. The van der Waals surface area contributed by atoms with Crippen molar-refractivity contribution < 1.29 is 34.4 Å². The van der Waals surface area contributed by atoms with Crippen molar-refractivity contribution in [2.24, 2.45) is 11.8 Å². The number of ether oxygens (including phenoxy) is 2. The Morgan fingerprint density at radius 2 is 1.89 bits per heavy atom. The van der Waals surface area contributed by atoms with Gasteiger partial charge in [0, 0.05) is 31.0 Å². The van der Waals surface area contributed by atoms with E-state index in [0.29, 0.717) is 38.7 Å². The SMILES string of the molecule is COc1cc(CO)cc(I)c1OC1C=C(C(=O)NCCO)CC(N(CC2CCCCC2)C(=O)C(C)C)C1O. The van der Waals surface area contributed by atoms with Gasteiger partial charge in [-0.3, -0.25) is 9.59 Å². The van der Waals surface area contributed by atoms with Crippen LogP contribution >= 0.6 is 22.6 Å². The number of rotatable bonds is 11. The van der Waals surface area contributed by atoms with E-state index in [1.54, 1.807) is 23.1 Å². The molecule has 2 amide bonds. The molecule has 0 aromatic heterocycles.